The SMILES string of the molecule is COCc1cc(-c2ncc3[nH]c4ccc(OCc5ccccc5)cc4c3c2COC)no1. The van der Waals surface area contributed by atoms with Crippen LogP contribution in [0.25, 0.3) is 33.2 Å². The lowest BCUT2D eigenvalue weighted by atomic mass is 10.0. The van der Waals surface area contributed by atoms with E-state index in [2.05, 4.69) is 33.3 Å². The van der Waals surface area contributed by atoms with E-state index in [9.17, 15) is 0 Å². The molecule has 0 bridgehead atoms. The molecule has 162 valence electrons. The van der Waals surface area contributed by atoms with Crippen molar-refractivity contribution in [1.29, 1.82) is 0 Å². The monoisotopic (exact) mass is 429 g/mol. The van der Waals surface area contributed by atoms with Gasteiger partial charge in [-0.25, -0.2) is 0 Å². The number of fused-ring (bicyclic) bond motifs is 3. The number of hydrogen-bond donors (Lipinski definition) is 1. The number of ether oxygens (including phenoxy) is 3. The fraction of sp³-hybridized carbons (Fsp3) is 0.200. The highest BCUT2D eigenvalue weighted by Gasteiger charge is 2.19. The van der Waals surface area contributed by atoms with Crippen molar-refractivity contribution in [2.45, 2.75) is 19.8 Å². The minimum atomic E-state index is 0.351. The maximum Gasteiger partial charge on any atom is 0.163 e. The molecule has 0 fully saturated rings. The first-order chi connectivity index (χ1) is 15.8. The van der Waals surface area contributed by atoms with Gasteiger partial charge >= 0.3 is 0 Å². The zero-order valence-corrected chi connectivity index (χ0v) is 17.9. The topological polar surface area (TPSA) is 82.4 Å². The first-order valence-corrected chi connectivity index (χ1v) is 10.3. The van der Waals surface area contributed by atoms with Crippen molar-refractivity contribution in [3.63, 3.8) is 0 Å². The van der Waals surface area contributed by atoms with Crippen molar-refractivity contribution in [1.82, 2.24) is 15.1 Å². The Balaban J connectivity index is 1.59. The zero-order valence-electron chi connectivity index (χ0n) is 17.9. The van der Waals surface area contributed by atoms with Gasteiger partial charge < -0.3 is 23.7 Å². The fourth-order valence-electron chi connectivity index (χ4n) is 3.91. The van der Waals surface area contributed by atoms with E-state index in [1.807, 2.05) is 42.6 Å². The molecular formula is C25H23N3O4. The third-order valence-corrected chi connectivity index (χ3v) is 5.33. The van der Waals surface area contributed by atoms with Gasteiger partial charge in [0, 0.05) is 42.1 Å². The second-order valence-corrected chi connectivity index (χ2v) is 7.53. The number of rotatable bonds is 8. The highest BCUT2D eigenvalue weighted by Crippen LogP contribution is 2.35. The molecule has 0 saturated carbocycles. The molecule has 7 heteroatoms. The predicted octanol–water partition coefficient (Wildman–Crippen LogP) is 5.24. The number of pyridine rings is 1. The summed E-state index contributed by atoms with van der Waals surface area (Å²) in [5, 5.41) is 6.27. The molecule has 2 aromatic carbocycles. The molecule has 0 saturated heterocycles. The van der Waals surface area contributed by atoms with Crippen molar-refractivity contribution >= 4 is 21.8 Å². The molecule has 0 aliphatic carbocycles. The Kier molecular flexibility index (Phi) is 5.58. The Morgan fingerprint density at radius 1 is 0.906 bits per heavy atom. The van der Waals surface area contributed by atoms with Crippen molar-refractivity contribution < 1.29 is 18.7 Å². The Hall–Kier alpha value is -3.68. The highest BCUT2D eigenvalue weighted by atomic mass is 16.5. The van der Waals surface area contributed by atoms with E-state index in [0.29, 0.717) is 31.3 Å². The highest BCUT2D eigenvalue weighted by molar-refractivity contribution is 6.10. The quantitative estimate of drug-likeness (QED) is 0.363. The number of nitrogens with one attached hydrogen (secondary N) is 1. The zero-order chi connectivity index (χ0) is 21.9. The van der Waals surface area contributed by atoms with Gasteiger partial charge in [-0.15, -0.1) is 0 Å². The Bertz CT molecular complexity index is 1360. The van der Waals surface area contributed by atoms with Crippen LogP contribution in [-0.2, 0) is 29.3 Å². The van der Waals surface area contributed by atoms with Gasteiger partial charge in [0.1, 0.15) is 24.7 Å². The van der Waals surface area contributed by atoms with Crippen molar-refractivity contribution in [3.05, 3.63) is 77.7 Å². The van der Waals surface area contributed by atoms with Crippen LogP contribution < -0.4 is 4.74 Å². The van der Waals surface area contributed by atoms with Crippen LogP contribution in [0.1, 0.15) is 16.9 Å². The fourth-order valence-corrected chi connectivity index (χ4v) is 3.91. The normalized spacial score (nSPS) is 11.4. The van der Waals surface area contributed by atoms with Crippen molar-refractivity contribution in [3.8, 4) is 17.1 Å². The summed E-state index contributed by atoms with van der Waals surface area (Å²) in [6, 6.07) is 18.0. The van der Waals surface area contributed by atoms with Crippen LogP contribution in [0.3, 0.4) is 0 Å². The number of aromatic amines is 1. The standard InChI is InChI=1S/C25H23N3O4/c1-29-14-18-11-22(28-32-18)25-20(15-30-2)24-19-10-17(31-13-16-6-4-3-5-7-16)8-9-21(19)27-23(24)12-26-25/h3-12,27H,13-15H2,1-2H3. The number of aromatic nitrogens is 3. The molecule has 1 N–H and O–H groups in total. The smallest absolute Gasteiger partial charge is 0.163 e. The minimum absolute atomic E-state index is 0.351. The number of methoxy groups -OCH3 is 2. The second kappa shape index (κ2) is 8.82. The van der Waals surface area contributed by atoms with E-state index in [1.54, 1.807) is 14.2 Å². The summed E-state index contributed by atoms with van der Waals surface area (Å²) in [5.74, 6) is 1.44. The van der Waals surface area contributed by atoms with E-state index in [1.165, 1.54) is 0 Å². The Morgan fingerprint density at radius 2 is 1.75 bits per heavy atom. The van der Waals surface area contributed by atoms with Crippen LogP contribution >= 0.6 is 0 Å². The van der Waals surface area contributed by atoms with Gasteiger partial charge in [-0.2, -0.15) is 0 Å². The largest absolute Gasteiger partial charge is 0.489 e. The number of H-pyrrole nitrogens is 1. The predicted molar refractivity (Wildman–Crippen MR) is 121 cm³/mol. The molecule has 0 amide bonds. The van der Waals surface area contributed by atoms with Gasteiger partial charge in [-0.05, 0) is 23.8 Å². The molecule has 0 aliphatic heterocycles. The van der Waals surface area contributed by atoms with E-state index < -0.39 is 0 Å². The van der Waals surface area contributed by atoms with Gasteiger partial charge in [0.05, 0.1) is 24.0 Å². The molecule has 0 atom stereocenters. The van der Waals surface area contributed by atoms with Gasteiger partial charge in [0.2, 0.25) is 0 Å². The summed E-state index contributed by atoms with van der Waals surface area (Å²) < 4.78 is 22.1. The van der Waals surface area contributed by atoms with Gasteiger partial charge in [0.25, 0.3) is 0 Å². The summed E-state index contributed by atoms with van der Waals surface area (Å²) in [7, 11) is 3.29. The van der Waals surface area contributed by atoms with Crippen LogP contribution in [0, 0.1) is 0 Å². The van der Waals surface area contributed by atoms with Crippen molar-refractivity contribution in [2.24, 2.45) is 0 Å². The Morgan fingerprint density at radius 3 is 2.56 bits per heavy atom. The second-order valence-electron chi connectivity index (χ2n) is 7.53. The first-order valence-electron chi connectivity index (χ1n) is 10.3. The molecule has 0 spiro atoms. The first kappa shape index (κ1) is 20.2. The summed E-state index contributed by atoms with van der Waals surface area (Å²) in [6.07, 6.45) is 1.82. The molecule has 5 rings (SSSR count). The van der Waals surface area contributed by atoms with E-state index in [-0.39, 0.29) is 0 Å². The third-order valence-electron chi connectivity index (χ3n) is 5.33. The molecule has 3 aromatic heterocycles. The Labute approximate surface area is 184 Å². The lowest BCUT2D eigenvalue weighted by Gasteiger charge is -2.09. The lowest BCUT2D eigenvalue weighted by Crippen LogP contribution is -1.97. The van der Waals surface area contributed by atoms with E-state index in [4.69, 9.17) is 18.7 Å². The number of hydrogen-bond acceptors (Lipinski definition) is 6. The molecule has 0 radical (unpaired) electrons. The summed E-state index contributed by atoms with van der Waals surface area (Å²) >= 11 is 0. The van der Waals surface area contributed by atoms with Crippen LogP contribution in [0.2, 0.25) is 0 Å². The third kappa shape index (κ3) is 3.84. The summed E-state index contributed by atoms with van der Waals surface area (Å²) in [4.78, 5) is 8.10. The average Bonchev–Trinajstić information content (AvgIpc) is 3.43. The minimum Gasteiger partial charge on any atom is -0.489 e. The van der Waals surface area contributed by atoms with E-state index >= 15 is 0 Å². The maximum absolute atomic E-state index is 6.06. The molecule has 32 heavy (non-hydrogen) atoms. The molecule has 7 nitrogen and oxygen atoms in total. The van der Waals surface area contributed by atoms with E-state index in [0.717, 1.165) is 44.4 Å². The van der Waals surface area contributed by atoms with Gasteiger partial charge in [-0.1, -0.05) is 35.5 Å². The number of benzene rings is 2. The van der Waals surface area contributed by atoms with Crippen molar-refractivity contribution in [2.75, 3.05) is 14.2 Å². The van der Waals surface area contributed by atoms with Crippen LogP contribution in [0.5, 0.6) is 5.75 Å². The van der Waals surface area contributed by atoms with Crippen LogP contribution in [0.4, 0.5) is 0 Å². The summed E-state index contributed by atoms with van der Waals surface area (Å²) in [5.41, 5.74) is 5.36. The maximum atomic E-state index is 6.06. The van der Waals surface area contributed by atoms with Crippen LogP contribution in [-0.4, -0.2) is 29.3 Å². The van der Waals surface area contributed by atoms with Gasteiger partial charge in [0.15, 0.2) is 5.76 Å². The van der Waals surface area contributed by atoms with Gasteiger partial charge in [-0.3, -0.25) is 4.98 Å². The molecular weight excluding hydrogens is 406 g/mol. The molecule has 0 unspecified atom stereocenters. The average molecular weight is 429 g/mol. The summed E-state index contributed by atoms with van der Waals surface area (Å²) in [6.45, 7) is 1.24. The number of nitrogens with zero attached hydrogens (tertiary/aromatic N) is 2. The molecule has 0 aliphatic rings. The lowest BCUT2D eigenvalue weighted by molar-refractivity contribution is 0.156. The van der Waals surface area contributed by atoms with Crippen LogP contribution in [0.15, 0.2) is 65.3 Å². The molecule has 3 heterocycles. The molecule has 5 aromatic rings.